The number of aliphatic carboxylic acids is 2. The van der Waals surface area contributed by atoms with E-state index >= 15 is 0 Å². The van der Waals surface area contributed by atoms with Gasteiger partial charge in [0.1, 0.15) is 29.8 Å². The van der Waals surface area contributed by atoms with Crippen molar-refractivity contribution in [1.29, 1.82) is 0 Å². The maximum absolute atomic E-state index is 12.2. The van der Waals surface area contributed by atoms with E-state index in [1.807, 2.05) is 0 Å². The predicted octanol–water partition coefficient (Wildman–Crippen LogP) is 2.52. The quantitative estimate of drug-likeness (QED) is 0.296. The Bertz CT molecular complexity index is 1040. The molecule has 1 aromatic carbocycles. The third kappa shape index (κ3) is 10.1. The molecule has 2 amide bonds. The van der Waals surface area contributed by atoms with Crippen molar-refractivity contribution in [2.75, 3.05) is 26.4 Å². The molecule has 196 valence electrons. The predicted molar refractivity (Wildman–Crippen MR) is 126 cm³/mol. The number of carbonyl (C=O) groups excluding carboxylic acids is 2. The molecule has 2 rings (SSSR count). The van der Waals surface area contributed by atoms with Gasteiger partial charge in [-0.3, -0.25) is 9.59 Å². The van der Waals surface area contributed by atoms with Gasteiger partial charge >= 0.3 is 18.0 Å². The van der Waals surface area contributed by atoms with Gasteiger partial charge in [-0.05, 0) is 57.2 Å². The zero-order valence-electron chi connectivity index (χ0n) is 20.2. The van der Waals surface area contributed by atoms with Gasteiger partial charge in [-0.15, -0.1) is 0 Å². The molecule has 0 saturated carbocycles. The maximum atomic E-state index is 12.2. The lowest BCUT2D eigenvalue weighted by Crippen LogP contribution is -2.42. The third-order valence-electron chi connectivity index (χ3n) is 4.36. The second kappa shape index (κ2) is 13.1. The molecule has 0 spiro atoms. The minimum absolute atomic E-state index is 0.153. The molecule has 0 bridgehead atoms. The minimum Gasteiger partial charge on any atom is -0.491 e. The Balaban J connectivity index is 1.75. The highest BCUT2D eigenvalue weighted by atomic mass is 16.6. The first-order valence-corrected chi connectivity index (χ1v) is 11.1. The monoisotopic (exact) mass is 506 g/mol. The van der Waals surface area contributed by atoms with Gasteiger partial charge in [-0.1, -0.05) is 0 Å². The molecule has 36 heavy (non-hydrogen) atoms. The van der Waals surface area contributed by atoms with E-state index in [2.05, 4.69) is 10.6 Å². The number of rotatable bonds is 13. The van der Waals surface area contributed by atoms with Crippen LogP contribution >= 0.6 is 0 Å². The fourth-order valence-corrected chi connectivity index (χ4v) is 2.79. The molecule has 0 aliphatic heterocycles. The van der Waals surface area contributed by atoms with E-state index in [1.54, 1.807) is 45.0 Å². The number of hydrogen-bond donors (Lipinski definition) is 4. The number of carboxylic acid groups (broad SMARTS) is 2. The Morgan fingerprint density at radius 3 is 2.28 bits per heavy atom. The summed E-state index contributed by atoms with van der Waals surface area (Å²) in [5.41, 5.74) is 0.0862. The summed E-state index contributed by atoms with van der Waals surface area (Å²) in [5.74, 6) is -2.87. The van der Waals surface area contributed by atoms with Gasteiger partial charge in [-0.2, -0.15) is 0 Å². The van der Waals surface area contributed by atoms with Crippen LogP contribution in [0.15, 0.2) is 40.8 Å². The van der Waals surface area contributed by atoms with Crippen LogP contribution in [0.3, 0.4) is 0 Å². The summed E-state index contributed by atoms with van der Waals surface area (Å²) in [4.78, 5) is 45.6. The van der Waals surface area contributed by atoms with Gasteiger partial charge < -0.3 is 39.5 Å². The zero-order chi connectivity index (χ0) is 26.7. The van der Waals surface area contributed by atoms with Crippen LogP contribution in [0.1, 0.15) is 37.7 Å². The van der Waals surface area contributed by atoms with Crippen LogP contribution < -0.4 is 15.4 Å². The fourth-order valence-electron chi connectivity index (χ4n) is 2.79. The SMILES string of the molecule is CC(C)(C)OC(=O)NCCOCCOc1ccc(-c2ccc(C(=O)N[C@@H](CC(=O)O)C(=O)O)o2)cc1. The number of carbonyl (C=O) groups is 4. The van der Waals surface area contributed by atoms with Crippen LogP contribution in [-0.2, 0) is 19.1 Å². The molecular weight excluding hydrogens is 476 g/mol. The van der Waals surface area contributed by atoms with E-state index in [1.165, 1.54) is 12.1 Å². The summed E-state index contributed by atoms with van der Waals surface area (Å²) in [6, 6.07) is 8.16. The number of hydrogen-bond acceptors (Lipinski definition) is 8. The Labute approximate surface area is 207 Å². The number of benzene rings is 1. The van der Waals surface area contributed by atoms with E-state index in [0.29, 0.717) is 36.8 Å². The third-order valence-corrected chi connectivity index (χ3v) is 4.36. The van der Waals surface area contributed by atoms with Crippen LogP contribution in [0.2, 0.25) is 0 Å². The van der Waals surface area contributed by atoms with E-state index < -0.39 is 42.0 Å². The van der Waals surface area contributed by atoms with E-state index in [0.717, 1.165) is 0 Å². The van der Waals surface area contributed by atoms with E-state index in [4.69, 9.17) is 28.8 Å². The van der Waals surface area contributed by atoms with Gasteiger partial charge in [0, 0.05) is 12.1 Å². The smallest absolute Gasteiger partial charge is 0.407 e. The summed E-state index contributed by atoms with van der Waals surface area (Å²) in [7, 11) is 0. The largest absolute Gasteiger partial charge is 0.491 e. The van der Waals surface area contributed by atoms with Crippen molar-refractivity contribution in [1.82, 2.24) is 10.6 Å². The van der Waals surface area contributed by atoms with Gasteiger partial charge in [-0.25, -0.2) is 9.59 Å². The molecule has 0 fully saturated rings. The summed E-state index contributed by atoms with van der Waals surface area (Å²) >= 11 is 0. The zero-order valence-corrected chi connectivity index (χ0v) is 20.2. The second-order valence-corrected chi connectivity index (χ2v) is 8.54. The van der Waals surface area contributed by atoms with Crippen LogP contribution in [0, 0.1) is 0 Å². The Hall–Kier alpha value is -4.06. The fraction of sp³-hybridized carbons (Fsp3) is 0.417. The molecule has 1 aromatic heterocycles. The Kier molecular flexibility index (Phi) is 10.3. The highest BCUT2D eigenvalue weighted by Gasteiger charge is 2.25. The van der Waals surface area contributed by atoms with Gasteiger partial charge in [0.15, 0.2) is 5.76 Å². The number of carboxylic acids is 2. The normalized spacial score (nSPS) is 11.9. The molecule has 1 heterocycles. The van der Waals surface area contributed by atoms with Crippen LogP contribution in [0.5, 0.6) is 5.75 Å². The highest BCUT2D eigenvalue weighted by molar-refractivity contribution is 5.95. The van der Waals surface area contributed by atoms with E-state index in [9.17, 15) is 19.2 Å². The van der Waals surface area contributed by atoms with Crippen LogP contribution in [0.4, 0.5) is 4.79 Å². The topological polar surface area (TPSA) is 174 Å². The van der Waals surface area contributed by atoms with Crippen molar-refractivity contribution in [3.8, 4) is 17.1 Å². The summed E-state index contributed by atoms with van der Waals surface area (Å²) in [6.45, 7) is 6.56. The first kappa shape index (κ1) is 28.2. The average molecular weight is 507 g/mol. The number of nitrogens with one attached hydrogen (secondary N) is 2. The number of furan rings is 1. The van der Waals surface area contributed by atoms with Crippen molar-refractivity contribution in [2.24, 2.45) is 0 Å². The molecule has 0 radical (unpaired) electrons. The summed E-state index contributed by atoms with van der Waals surface area (Å²) < 4.78 is 21.6. The lowest BCUT2D eigenvalue weighted by molar-refractivity contribution is -0.145. The lowest BCUT2D eigenvalue weighted by atomic mass is 10.2. The molecular formula is C24H30N2O10. The van der Waals surface area contributed by atoms with Crippen molar-refractivity contribution in [2.45, 2.75) is 38.8 Å². The van der Waals surface area contributed by atoms with Crippen molar-refractivity contribution in [3.63, 3.8) is 0 Å². The number of amides is 2. The Morgan fingerprint density at radius 1 is 0.972 bits per heavy atom. The summed E-state index contributed by atoms with van der Waals surface area (Å²) in [5, 5.41) is 22.5. The van der Waals surface area contributed by atoms with Gasteiger partial charge in [0.25, 0.3) is 5.91 Å². The molecule has 0 saturated heterocycles. The van der Waals surface area contributed by atoms with E-state index in [-0.39, 0.29) is 12.4 Å². The lowest BCUT2D eigenvalue weighted by Gasteiger charge is -2.19. The second-order valence-electron chi connectivity index (χ2n) is 8.54. The average Bonchev–Trinajstić information content (AvgIpc) is 3.27. The highest BCUT2D eigenvalue weighted by Crippen LogP contribution is 2.24. The van der Waals surface area contributed by atoms with Crippen molar-refractivity contribution < 1.29 is 48.0 Å². The van der Waals surface area contributed by atoms with Crippen molar-refractivity contribution >= 4 is 23.9 Å². The van der Waals surface area contributed by atoms with Crippen LogP contribution in [0.25, 0.3) is 11.3 Å². The molecule has 12 heteroatoms. The maximum Gasteiger partial charge on any atom is 0.407 e. The molecule has 1 atom stereocenters. The molecule has 0 aliphatic rings. The van der Waals surface area contributed by atoms with Crippen molar-refractivity contribution in [3.05, 3.63) is 42.2 Å². The minimum atomic E-state index is -1.58. The molecule has 2 aromatic rings. The first-order valence-electron chi connectivity index (χ1n) is 11.1. The number of ether oxygens (including phenoxy) is 3. The Morgan fingerprint density at radius 2 is 1.67 bits per heavy atom. The number of alkyl carbamates (subject to hydrolysis) is 1. The van der Waals surface area contributed by atoms with Crippen LogP contribution in [-0.4, -0.2) is 72.2 Å². The molecule has 12 nitrogen and oxygen atoms in total. The summed E-state index contributed by atoms with van der Waals surface area (Å²) in [6.07, 6.45) is -1.27. The van der Waals surface area contributed by atoms with Gasteiger partial charge in [0.05, 0.1) is 19.6 Å². The molecule has 4 N–H and O–H groups in total. The standard InChI is InChI=1S/C24H30N2O10/c1-24(2,3)36-23(32)25-10-11-33-12-13-34-16-6-4-15(5-7-16)18-8-9-19(35-18)21(29)26-17(22(30)31)14-20(27)28/h4-9,17H,10-14H2,1-3H3,(H,25,32)(H,26,29)(H,27,28)(H,30,31)/t17-/m0/s1. The van der Waals surface area contributed by atoms with Gasteiger partial charge in [0.2, 0.25) is 0 Å². The molecule has 0 aliphatic carbocycles. The first-order chi connectivity index (χ1) is 16.9. The molecule has 0 unspecified atom stereocenters.